The number of carbonyl (C=O) groups excluding carboxylic acids is 1. The summed E-state index contributed by atoms with van der Waals surface area (Å²) >= 11 is 0. The van der Waals surface area contributed by atoms with Crippen LogP contribution in [0.15, 0.2) is 0 Å². The first-order valence-corrected chi connectivity index (χ1v) is 7.27. The Morgan fingerprint density at radius 2 is 1.60 bits per heavy atom. The third kappa shape index (κ3) is 25.2. The number of aliphatic carboxylic acids is 2. The predicted octanol–water partition coefficient (Wildman–Crippen LogP) is 0.0798. The highest BCUT2D eigenvalue weighted by molar-refractivity contribution is 5.85. The van der Waals surface area contributed by atoms with E-state index in [0.717, 1.165) is 0 Å². The van der Waals surface area contributed by atoms with Crippen LogP contribution >= 0.6 is 24.8 Å². The Bertz CT molecular complexity index is 375. The second-order valence-electron chi connectivity index (χ2n) is 6.18. The first kappa shape index (κ1) is 31.6. The molecular formula is C14H32Cl2N3O6+. The molecule has 6 N–H and O–H groups in total. The van der Waals surface area contributed by atoms with Gasteiger partial charge in [0.05, 0.1) is 27.6 Å². The Kier molecular flexibility index (Phi) is 20.7. The van der Waals surface area contributed by atoms with Gasteiger partial charge in [0.2, 0.25) is 0 Å². The van der Waals surface area contributed by atoms with Crippen molar-refractivity contribution in [1.29, 1.82) is 0 Å². The number of carbonyl (C=O) groups is 3. The summed E-state index contributed by atoms with van der Waals surface area (Å²) in [5, 5.41) is 16.8. The lowest BCUT2D eigenvalue weighted by Crippen LogP contribution is -2.43. The molecule has 11 heteroatoms. The predicted molar refractivity (Wildman–Crippen MR) is 99.1 cm³/mol. The van der Waals surface area contributed by atoms with Gasteiger partial charge in [-0.2, -0.15) is 0 Å². The molecule has 0 aliphatic rings. The van der Waals surface area contributed by atoms with Crippen molar-refractivity contribution >= 4 is 42.7 Å². The average molecular weight is 409 g/mol. The molecule has 0 unspecified atom stereocenters. The number of hydrogen-bond donors (Lipinski definition) is 4. The number of rotatable bonds is 9. The van der Waals surface area contributed by atoms with Gasteiger partial charge in [-0.05, 0) is 19.4 Å². The van der Waals surface area contributed by atoms with E-state index in [4.69, 9.17) is 26.4 Å². The van der Waals surface area contributed by atoms with Crippen LogP contribution in [0.1, 0.15) is 26.2 Å². The number of hydrogen-bond acceptors (Lipinski definition) is 6. The summed E-state index contributed by atoms with van der Waals surface area (Å²) in [4.78, 5) is 31.2. The average Bonchev–Trinajstić information content (AvgIpc) is 2.32. The zero-order chi connectivity index (χ0) is 18.6. The van der Waals surface area contributed by atoms with Crippen molar-refractivity contribution in [2.24, 2.45) is 11.5 Å². The van der Waals surface area contributed by atoms with Gasteiger partial charge in [0.15, 0.2) is 6.10 Å². The van der Waals surface area contributed by atoms with Crippen molar-refractivity contribution < 1.29 is 33.8 Å². The lowest BCUT2D eigenvalue weighted by atomic mass is 10.2. The molecule has 0 amide bonds. The Labute approximate surface area is 161 Å². The maximum atomic E-state index is 10.7. The molecule has 0 radical (unpaired) electrons. The molecule has 0 saturated carbocycles. The van der Waals surface area contributed by atoms with E-state index in [1.807, 2.05) is 21.1 Å². The lowest BCUT2D eigenvalue weighted by Gasteiger charge is -2.28. The van der Waals surface area contributed by atoms with Crippen LogP contribution in [-0.2, 0) is 19.1 Å². The second kappa shape index (κ2) is 16.3. The Morgan fingerprint density at radius 1 is 1.12 bits per heavy atom. The highest BCUT2D eigenvalue weighted by Crippen LogP contribution is 2.04. The van der Waals surface area contributed by atoms with Gasteiger partial charge in [-0.25, -0.2) is 0 Å². The largest absolute Gasteiger partial charge is 0.481 e. The summed E-state index contributed by atoms with van der Waals surface area (Å²) in [5.41, 5.74) is 10.3. The third-order valence-corrected chi connectivity index (χ3v) is 2.52. The molecule has 0 aromatic carbocycles. The first-order chi connectivity index (χ1) is 10.4. The molecule has 0 aromatic heterocycles. The van der Waals surface area contributed by atoms with E-state index < -0.39 is 30.1 Å². The second-order valence-corrected chi connectivity index (χ2v) is 6.18. The molecule has 0 aliphatic heterocycles. The number of esters is 1. The third-order valence-electron chi connectivity index (χ3n) is 2.52. The van der Waals surface area contributed by atoms with Crippen molar-refractivity contribution in [3.8, 4) is 0 Å². The molecule has 0 fully saturated rings. The molecule has 0 aliphatic carbocycles. The maximum absolute atomic E-state index is 10.7. The minimum atomic E-state index is -0.955. The van der Waals surface area contributed by atoms with Crippen LogP contribution in [0.2, 0.25) is 0 Å². The van der Waals surface area contributed by atoms with Gasteiger partial charge in [0, 0.05) is 6.92 Å². The number of nitrogens with two attached hydrogens (primary N) is 2. The van der Waals surface area contributed by atoms with E-state index >= 15 is 0 Å². The van der Waals surface area contributed by atoms with Crippen LogP contribution in [0.4, 0.5) is 0 Å². The van der Waals surface area contributed by atoms with E-state index in [1.165, 1.54) is 6.92 Å². The number of ether oxygens (including phenoxy) is 1. The molecular weight excluding hydrogens is 377 g/mol. The van der Waals surface area contributed by atoms with Crippen molar-refractivity contribution in [3.63, 3.8) is 0 Å². The van der Waals surface area contributed by atoms with Crippen LogP contribution in [0.3, 0.4) is 0 Å². The number of quaternary nitrogens is 1. The van der Waals surface area contributed by atoms with Gasteiger partial charge in [0.1, 0.15) is 12.6 Å². The molecule has 0 heterocycles. The SMILES string of the molecule is CC(=O)O[C@H](CC(=O)O)C[N+](C)(C)C.Cl.Cl.NCCC[C@H](N)C(=O)O. The van der Waals surface area contributed by atoms with E-state index in [-0.39, 0.29) is 31.2 Å². The Hall–Kier alpha value is -1.13. The molecule has 9 nitrogen and oxygen atoms in total. The minimum absolute atomic E-state index is 0. The van der Waals surface area contributed by atoms with Crippen molar-refractivity contribution in [2.75, 3.05) is 34.2 Å². The Morgan fingerprint density at radius 3 is 1.88 bits per heavy atom. The van der Waals surface area contributed by atoms with Gasteiger partial charge in [-0.15, -0.1) is 24.8 Å². The van der Waals surface area contributed by atoms with Crippen LogP contribution in [0, 0.1) is 0 Å². The summed E-state index contributed by atoms with van der Waals surface area (Å²) in [6.45, 7) is 2.28. The van der Waals surface area contributed by atoms with Crippen LogP contribution in [0.5, 0.6) is 0 Å². The van der Waals surface area contributed by atoms with Gasteiger partial charge in [-0.1, -0.05) is 0 Å². The number of likely N-dealkylation sites (N-methyl/N-ethyl adjacent to an activating group) is 1. The molecule has 152 valence electrons. The zero-order valence-corrected chi connectivity index (χ0v) is 16.8. The fourth-order valence-electron chi connectivity index (χ4n) is 1.65. The van der Waals surface area contributed by atoms with Gasteiger partial charge in [0.25, 0.3) is 0 Å². The van der Waals surface area contributed by atoms with Gasteiger partial charge in [-0.3, -0.25) is 14.4 Å². The topological polar surface area (TPSA) is 153 Å². The maximum Gasteiger partial charge on any atom is 0.320 e. The Balaban J connectivity index is -0.000000177. The van der Waals surface area contributed by atoms with Crippen LogP contribution in [-0.4, -0.2) is 79.0 Å². The van der Waals surface area contributed by atoms with Crippen molar-refractivity contribution in [3.05, 3.63) is 0 Å². The fraction of sp³-hybridized carbons (Fsp3) is 0.786. The monoisotopic (exact) mass is 408 g/mol. The van der Waals surface area contributed by atoms with Crippen molar-refractivity contribution in [2.45, 2.75) is 38.3 Å². The molecule has 0 saturated heterocycles. The van der Waals surface area contributed by atoms with E-state index in [9.17, 15) is 14.4 Å². The standard InChI is InChI=1S/C9H17NO4.C5H12N2O2.2ClH/c1-7(11)14-8(5-9(12)13)6-10(2,3)4;6-3-1-2-4(7)5(8)9;;/h8H,5-6H2,1-4H3;4H,1-3,6-7H2,(H,8,9);2*1H/p+1/t8-;4-;;/m10../s1. The summed E-state index contributed by atoms with van der Waals surface area (Å²) < 4.78 is 5.46. The van der Waals surface area contributed by atoms with Gasteiger partial charge < -0.3 is 30.9 Å². The number of halogens is 2. The fourth-order valence-corrected chi connectivity index (χ4v) is 1.65. The minimum Gasteiger partial charge on any atom is -0.481 e. The van der Waals surface area contributed by atoms with E-state index in [0.29, 0.717) is 30.4 Å². The normalized spacial score (nSPS) is 12.2. The quantitative estimate of drug-likeness (QED) is 0.309. The summed E-state index contributed by atoms with van der Waals surface area (Å²) in [7, 11) is 5.75. The van der Waals surface area contributed by atoms with Crippen LogP contribution in [0.25, 0.3) is 0 Å². The number of carboxylic acid groups (broad SMARTS) is 2. The highest BCUT2D eigenvalue weighted by atomic mass is 35.5. The molecule has 2 atom stereocenters. The molecule has 0 aromatic rings. The zero-order valence-electron chi connectivity index (χ0n) is 15.1. The summed E-state index contributed by atoms with van der Waals surface area (Å²) in [5.74, 6) is -2.35. The lowest BCUT2D eigenvalue weighted by molar-refractivity contribution is -0.873. The van der Waals surface area contributed by atoms with Crippen LogP contribution < -0.4 is 11.5 Å². The highest BCUT2D eigenvalue weighted by Gasteiger charge is 2.23. The number of carboxylic acids is 2. The smallest absolute Gasteiger partial charge is 0.320 e. The van der Waals surface area contributed by atoms with E-state index in [1.54, 1.807) is 0 Å². The summed E-state index contributed by atoms with van der Waals surface area (Å²) in [6, 6.07) is -0.742. The molecule has 25 heavy (non-hydrogen) atoms. The summed E-state index contributed by atoms with van der Waals surface area (Å²) in [6.07, 6.45) is 0.444. The van der Waals surface area contributed by atoms with E-state index in [2.05, 4.69) is 0 Å². The molecule has 0 spiro atoms. The first-order valence-electron chi connectivity index (χ1n) is 7.27. The molecule has 0 rings (SSSR count). The molecule has 0 bridgehead atoms. The number of nitrogens with zero attached hydrogens (tertiary/aromatic N) is 1. The van der Waals surface area contributed by atoms with Gasteiger partial charge >= 0.3 is 17.9 Å². The van der Waals surface area contributed by atoms with Crippen molar-refractivity contribution in [1.82, 2.24) is 0 Å².